The van der Waals surface area contributed by atoms with Crippen molar-refractivity contribution in [1.82, 2.24) is 9.88 Å². The molecule has 7 heteroatoms. The van der Waals surface area contributed by atoms with Crippen LogP contribution in [-0.2, 0) is 6.54 Å². The highest BCUT2D eigenvalue weighted by molar-refractivity contribution is 7.12. The molecule has 29 heavy (non-hydrogen) atoms. The van der Waals surface area contributed by atoms with Crippen molar-refractivity contribution in [3.05, 3.63) is 75.6 Å². The van der Waals surface area contributed by atoms with E-state index in [-0.39, 0.29) is 5.91 Å². The quantitative estimate of drug-likeness (QED) is 0.638. The lowest BCUT2D eigenvalue weighted by molar-refractivity contribution is 0.103. The Hall–Kier alpha value is -2.41. The van der Waals surface area contributed by atoms with Crippen molar-refractivity contribution in [1.29, 1.82) is 0 Å². The summed E-state index contributed by atoms with van der Waals surface area (Å²) in [4.78, 5) is 22.2. The number of hydrogen-bond acceptors (Lipinski definition) is 5. The average Bonchev–Trinajstić information content (AvgIpc) is 3.18. The number of benzene rings is 1. The van der Waals surface area contributed by atoms with E-state index in [1.165, 1.54) is 16.9 Å². The monoisotopic (exact) mass is 426 g/mol. The Morgan fingerprint density at radius 1 is 1.07 bits per heavy atom. The maximum Gasteiger partial charge on any atom is 0.265 e. The lowest BCUT2D eigenvalue weighted by Gasteiger charge is -2.23. The Kier molecular flexibility index (Phi) is 6.44. The summed E-state index contributed by atoms with van der Waals surface area (Å²) >= 11 is 7.74. The summed E-state index contributed by atoms with van der Waals surface area (Å²) in [7, 11) is 0. The van der Waals surface area contributed by atoms with Crippen LogP contribution in [0.4, 0.5) is 11.5 Å². The molecule has 0 saturated carbocycles. The number of carbonyl (C=O) groups excluding carboxylic acids is 1. The molecule has 2 aromatic heterocycles. The molecule has 1 saturated heterocycles. The molecule has 1 N–H and O–H groups in total. The Bertz CT molecular complexity index is 946. The smallest absolute Gasteiger partial charge is 0.265 e. The van der Waals surface area contributed by atoms with Gasteiger partial charge in [0.15, 0.2) is 0 Å². The third kappa shape index (κ3) is 5.15. The van der Waals surface area contributed by atoms with Gasteiger partial charge in [0.05, 0.1) is 16.8 Å². The van der Waals surface area contributed by atoms with Crippen molar-refractivity contribution < 1.29 is 4.79 Å². The first kappa shape index (κ1) is 19.9. The molecule has 0 spiro atoms. The van der Waals surface area contributed by atoms with Crippen molar-refractivity contribution in [2.24, 2.45) is 0 Å². The summed E-state index contributed by atoms with van der Waals surface area (Å²) in [6.45, 7) is 4.75. The molecule has 0 radical (unpaired) electrons. The summed E-state index contributed by atoms with van der Waals surface area (Å²) in [5.41, 5.74) is 1.88. The molecular formula is C22H23ClN4OS. The lowest BCUT2D eigenvalue weighted by atomic mass is 10.2. The molecule has 1 aromatic carbocycles. The van der Waals surface area contributed by atoms with Crippen molar-refractivity contribution >= 4 is 40.4 Å². The molecule has 3 heterocycles. The molecule has 150 valence electrons. The van der Waals surface area contributed by atoms with Gasteiger partial charge in [-0.25, -0.2) is 4.98 Å². The van der Waals surface area contributed by atoms with Gasteiger partial charge in [0.1, 0.15) is 5.82 Å². The van der Waals surface area contributed by atoms with E-state index in [2.05, 4.69) is 26.2 Å². The van der Waals surface area contributed by atoms with Crippen LogP contribution in [0.3, 0.4) is 0 Å². The molecule has 3 aromatic rings. The summed E-state index contributed by atoms with van der Waals surface area (Å²) in [6.07, 6.45) is 2.80. The molecule has 5 nitrogen and oxygen atoms in total. The highest BCUT2D eigenvalue weighted by Crippen LogP contribution is 2.20. The molecular weight excluding hydrogens is 404 g/mol. The molecule has 0 bridgehead atoms. The fourth-order valence-corrected chi connectivity index (χ4v) is 4.29. The number of carbonyl (C=O) groups is 1. The van der Waals surface area contributed by atoms with Crippen LogP contribution in [0.1, 0.15) is 21.7 Å². The fourth-order valence-electron chi connectivity index (χ4n) is 3.47. The Morgan fingerprint density at radius 3 is 2.72 bits per heavy atom. The van der Waals surface area contributed by atoms with Gasteiger partial charge in [-0.3, -0.25) is 9.69 Å². The van der Waals surface area contributed by atoms with Crippen LogP contribution < -0.4 is 10.2 Å². The number of rotatable bonds is 5. The van der Waals surface area contributed by atoms with Crippen LogP contribution in [0.2, 0.25) is 5.02 Å². The maximum atomic E-state index is 12.2. The standard InChI is InChI=1S/C22H23ClN4OS/c23-19-6-2-1-5-17(19)16-26-10-4-11-27(13-12-26)21-9-8-18(15-24-21)25-22(28)20-7-3-14-29-20/h1-3,5-9,14-15H,4,10-13,16H2,(H,25,28). The van der Waals surface area contributed by atoms with Gasteiger partial charge >= 0.3 is 0 Å². The molecule has 0 unspecified atom stereocenters. The minimum absolute atomic E-state index is 0.0977. The van der Waals surface area contributed by atoms with Gasteiger partial charge in [0.25, 0.3) is 5.91 Å². The van der Waals surface area contributed by atoms with Crippen LogP contribution in [0, 0.1) is 0 Å². The topological polar surface area (TPSA) is 48.5 Å². The Labute approximate surface area is 179 Å². The average molecular weight is 427 g/mol. The molecule has 1 aliphatic heterocycles. The molecule has 0 atom stereocenters. The van der Waals surface area contributed by atoms with E-state index < -0.39 is 0 Å². The first-order valence-electron chi connectivity index (χ1n) is 9.71. The number of nitrogens with zero attached hydrogens (tertiary/aromatic N) is 3. The SMILES string of the molecule is O=C(Nc1ccc(N2CCCN(Cc3ccccc3Cl)CC2)nc1)c1cccs1. The van der Waals surface area contributed by atoms with Crippen LogP contribution in [0.5, 0.6) is 0 Å². The molecule has 1 amide bonds. The van der Waals surface area contributed by atoms with E-state index in [0.29, 0.717) is 10.6 Å². The van der Waals surface area contributed by atoms with Gasteiger partial charge in [0, 0.05) is 37.7 Å². The molecule has 1 fully saturated rings. The van der Waals surface area contributed by atoms with Crippen LogP contribution in [0.15, 0.2) is 60.1 Å². The van der Waals surface area contributed by atoms with Crippen molar-refractivity contribution in [2.75, 3.05) is 36.4 Å². The van der Waals surface area contributed by atoms with E-state index in [4.69, 9.17) is 11.6 Å². The van der Waals surface area contributed by atoms with Crippen LogP contribution >= 0.6 is 22.9 Å². The van der Waals surface area contributed by atoms with Crippen LogP contribution in [0.25, 0.3) is 0 Å². The highest BCUT2D eigenvalue weighted by Gasteiger charge is 2.17. The van der Waals surface area contributed by atoms with Gasteiger partial charge in [-0.1, -0.05) is 35.9 Å². The minimum atomic E-state index is -0.0977. The predicted molar refractivity (Wildman–Crippen MR) is 120 cm³/mol. The second-order valence-electron chi connectivity index (χ2n) is 7.04. The fraction of sp³-hybridized carbons (Fsp3) is 0.273. The summed E-state index contributed by atoms with van der Waals surface area (Å²) in [5.74, 6) is 0.846. The van der Waals surface area contributed by atoms with E-state index >= 15 is 0 Å². The number of amides is 1. The number of hydrogen-bond donors (Lipinski definition) is 1. The van der Waals surface area contributed by atoms with Gasteiger partial charge in [0.2, 0.25) is 0 Å². The molecule has 1 aliphatic rings. The van der Waals surface area contributed by atoms with Gasteiger partial charge < -0.3 is 10.2 Å². The largest absolute Gasteiger partial charge is 0.355 e. The second kappa shape index (κ2) is 9.39. The zero-order valence-corrected chi connectivity index (χ0v) is 17.6. The predicted octanol–water partition coefficient (Wildman–Crippen LogP) is 4.76. The van der Waals surface area contributed by atoms with E-state index in [0.717, 1.165) is 50.0 Å². The first-order valence-corrected chi connectivity index (χ1v) is 11.0. The number of thiophene rings is 1. The van der Waals surface area contributed by atoms with Crippen molar-refractivity contribution in [3.8, 4) is 0 Å². The number of nitrogens with one attached hydrogen (secondary N) is 1. The molecule has 0 aliphatic carbocycles. The van der Waals surface area contributed by atoms with E-state index in [1.54, 1.807) is 6.20 Å². The lowest BCUT2D eigenvalue weighted by Crippen LogP contribution is -2.31. The number of anilines is 2. The summed E-state index contributed by atoms with van der Waals surface area (Å²) < 4.78 is 0. The first-order chi connectivity index (χ1) is 14.2. The summed E-state index contributed by atoms with van der Waals surface area (Å²) in [5, 5.41) is 5.62. The summed E-state index contributed by atoms with van der Waals surface area (Å²) in [6, 6.07) is 15.6. The third-order valence-electron chi connectivity index (χ3n) is 5.02. The Morgan fingerprint density at radius 2 is 1.97 bits per heavy atom. The number of pyridine rings is 1. The van der Waals surface area contributed by atoms with E-state index in [1.807, 2.05) is 47.8 Å². The minimum Gasteiger partial charge on any atom is -0.355 e. The second-order valence-corrected chi connectivity index (χ2v) is 8.40. The van der Waals surface area contributed by atoms with Gasteiger partial charge in [-0.05, 0) is 41.6 Å². The normalized spacial score (nSPS) is 15.1. The van der Waals surface area contributed by atoms with Gasteiger partial charge in [-0.15, -0.1) is 11.3 Å². The third-order valence-corrected chi connectivity index (χ3v) is 6.25. The number of aromatic nitrogens is 1. The zero-order valence-electron chi connectivity index (χ0n) is 16.1. The van der Waals surface area contributed by atoms with Crippen LogP contribution in [-0.4, -0.2) is 42.0 Å². The Balaban J connectivity index is 1.34. The van der Waals surface area contributed by atoms with Gasteiger partial charge in [-0.2, -0.15) is 0 Å². The molecule has 4 rings (SSSR count). The van der Waals surface area contributed by atoms with E-state index in [9.17, 15) is 4.79 Å². The highest BCUT2D eigenvalue weighted by atomic mass is 35.5. The maximum absolute atomic E-state index is 12.2. The van der Waals surface area contributed by atoms with Crippen molar-refractivity contribution in [3.63, 3.8) is 0 Å². The van der Waals surface area contributed by atoms with Crippen molar-refractivity contribution in [2.45, 2.75) is 13.0 Å². The zero-order chi connectivity index (χ0) is 20.1. The number of halogens is 1.